The van der Waals surface area contributed by atoms with Crippen LogP contribution in [0, 0.1) is 13.8 Å². The van der Waals surface area contributed by atoms with E-state index in [4.69, 9.17) is 4.74 Å². The molecule has 4 heteroatoms. The van der Waals surface area contributed by atoms with E-state index in [9.17, 15) is 0 Å². The largest absolute Gasteiger partial charge is 0.497 e. The van der Waals surface area contributed by atoms with E-state index in [0.29, 0.717) is 0 Å². The predicted molar refractivity (Wildman–Crippen MR) is 85.6 cm³/mol. The Labute approximate surface area is 127 Å². The van der Waals surface area contributed by atoms with Gasteiger partial charge >= 0.3 is 0 Å². The number of ether oxygens (including phenoxy) is 1. The Bertz CT molecular complexity index is 601. The Hall–Kier alpha value is -1.81. The van der Waals surface area contributed by atoms with Crippen LogP contribution >= 0.6 is 0 Å². The van der Waals surface area contributed by atoms with Gasteiger partial charge in [-0.15, -0.1) is 0 Å². The standard InChI is InChI=1S/C17H25N3O/c1-11(15-7-9-16(21-6)10-8-15)18-12(2)17-13(3)19-20(5)14(17)4/h7-12,18H,1-6H3/t11-,12?/m1/s1. The molecule has 2 atom stereocenters. The van der Waals surface area contributed by atoms with Crippen molar-refractivity contribution in [2.75, 3.05) is 7.11 Å². The molecule has 0 amide bonds. The Morgan fingerprint density at radius 2 is 1.71 bits per heavy atom. The second-order valence-electron chi connectivity index (χ2n) is 5.59. The van der Waals surface area contributed by atoms with E-state index in [0.717, 1.165) is 11.4 Å². The Balaban J connectivity index is 2.12. The summed E-state index contributed by atoms with van der Waals surface area (Å²) < 4.78 is 7.15. The van der Waals surface area contributed by atoms with E-state index in [-0.39, 0.29) is 12.1 Å². The van der Waals surface area contributed by atoms with E-state index >= 15 is 0 Å². The number of hydrogen-bond donors (Lipinski definition) is 1. The summed E-state index contributed by atoms with van der Waals surface area (Å²) >= 11 is 0. The van der Waals surface area contributed by atoms with Gasteiger partial charge in [-0.2, -0.15) is 5.10 Å². The highest BCUT2D eigenvalue weighted by Gasteiger charge is 2.18. The Kier molecular flexibility index (Phi) is 4.68. The maximum Gasteiger partial charge on any atom is 0.118 e. The smallest absolute Gasteiger partial charge is 0.118 e. The number of hydrogen-bond acceptors (Lipinski definition) is 3. The summed E-state index contributed by atoms with van der Waals surface area (Å²) in [6.45, 7) is 8.56. The zero-order valence-electron chi connectivity index (χ0n) is 13.8. The first kappa shape index (κ1) is 15.6. The molecule has 0 spiro atoms. The lowest BCUT2D eigenvalue weighted by Crippen LogP contribution is -2.23. The van der Waals surface area contributed by atoms with Crippen LogP contribution in [0.15, 0.2) is 24.3 Å². The topological polar surface area (TPSA) is 39.1 Å². The predicted octanol–water partition coefficient (Wildman–Crippen LogP) is 3.46. The minimum atomic E-state index is 0.260. The van der Waals surface area contributed by atoms with Crippen molar-refractivity contribution in [3.8, 4) is 5.75 Å². The monoisotopic (exact) mass is 287 g/mol. The summed E-state index contributed by atoms with van der Waals surface area (Å²) in [5.41, 5.74) is 4.85. The van der Waals surface area contributed by atoms with Gasteiger partial charge in [-0.3, -0.25) is 4.68 Å². The molecule has 4 nitrogen and oxygen atoms in total. The number of aromatic nitrogens is 2. The Morgan fingerprint density at radius 3 is 2.19 bits per heavy atom. The van der Waals surface area contributed by atoms with Crippen LogP contribution < -0.4 is 10.1 Å². The van der Waals surface area contributed by atoms with Gasteiger partial charge in [0.15, 0.2) is 0 Å². The summed E-state index contributed by atoms with van der Waals surface area (Å²) in [6.07, 6.45) is 0. The van der Waals surface area contributed by atoms with E-state index in [1.807, 2.05) is 23.9 Å². The van der Waals surface area contributed by atoms with Crippen molar-refractivity contribution in [1.82, 2.24) is 15.1 Å². The van der Waals surface area contributed by atoms with Crippen molar-refractivity contribution < 1.29 is 4.74 Å². The van der Waals surface area contributed by atoms with Crippen LogP contribution in [0.2, 0.25) is 0 Å². The number of methoxy groups -OCH3 is 1. The van der Waals surface area contributed by atoms with Gasteiger partial charge in [-0.05, 0) is 45.4 Å². The lowest BCUT2D eigenvalue weighted by Gasteiger charge is -2.21. The highest BCUT2D eigenvalue weighted by atomic mass is 16.5. The van der Waals surface area contributed by atoms with Crippen molar-refractivity contribution >= 4 is 0 Å². The van der Waals surface area contributed by atoms with Crippen LogP contribution in [0.3, 0.4) is 0 Å². The van der Waals surface area contributed by atoms with Crippen molar-refractivity contribution in [3.63, 3.8) is 0 Å². The molecule has 1 heterocycles. The van der Waals surface area contributed by atoms with Crippen LogP contribution in [-0.2, 0) is 7.05 Å². The van der Waals surface area contributed by atoms with E-state index in [2.05, 4.69) is 50.2 Å². The van der Waals surface area contributed by atoms with Gasteiger partial charge in [0.25, 0.3) is 0 Å². The third kappa shape index (κ3) is 3.27. The lowest BCUT2D eigenvalue weighted by atomic mass is 10.0. The fraction of sp³-hybridized carbons (Fsp3) is 0.471. The molecule has 114 valence electrons. The van der Waals surface area contributed by atoms with Crippen LogP contribution in [0.5, 0.6) is 5.75 Å². The fourth-order valence-corrected chi connectivity index (χ4v) is 2.86. The summed E-state index contributed by atoms with van der Waals surface area (Å²) in [7, 11) is 3.68. The lowest BCUT2D eigenvalue weighted by molar-refractivity contribution is 0.414. The van der Waals surface area contributed by atoms with Gasteiger partial charge in [-0.1, -0.05) is 12.1 Å². The van der Waals surface area contributed by atoms with Gasteiger partial charge < -0.3 is 10.1 Å². The molecule has 0 bridgehead atoms. The number of nitrogens with zero attached hydrogens (tertiary/aromatic N) is 2. The number of benzene rings is 1. The molecule has 0 aliphatic heterocycles. The molecule has 2 rings (SSSR count). The minimum absolute atomic E-state index is 0.260. The van der Waals surface area contributed by atoms with Gasteiger partial charge in [0.1, 0.15) is 5.75 Å². The van der Waals surface area contributed by atoms with Crippen molar-refractivity contribution in [2.45, 2.75) is 39.8 Å². The fourth-order valence-electron chi connectivity index (χ4n) is 2.86. The molecule has 0 fully saturated rings. The molecule has 0 aliphatic rings. The molecule has 0 saturated heterocycles. The van der Waals surface area contributed by atoms with Crippen LogP contribution in [0.25, 0.3) is 0 Å². The highest BCUT2D eigenvalue weighted by Crippen LogP contribution is 2.25. The van der Waals surface area contributed by atoms with Crippen LogP contribution in [-0.4, -0.2) is 16.9 Å². The van der Waals surface area contributed by atoms with Crippen LogP contribution in [0.1, 0.15) is 48.4 Å². The maximum atomic E-state index is 5.20. The number of aryl methyl sites for hydroxylation is 2. The summed E-state index contributed by atoms with van der Waals surface area (Å²) in [5.74, 6) is 0.887. The molecule has 21 heavy (non-hydrogen) atoms. The molecule has 0 radical (unpaired) electrons. The molecular formula is C17H25N3O. The average molecular weight is 287 g/mol. The second-order valence-corrected chi connectivity index (χ2v) is 5.59. The molecule has 1 unspecified atom stereocenters. The van der Waals surface area contributed by atoms with E-state index < -0.39 is 0 Å². The molecule has 1 N–H and O–H groups in total. The number of rotatable bonds is 5. The zero-order chi connectivity index (χ0) is 15.6. The quantitative estimate of drug-likeness (QED) is 0.915. The molecule has 0 aliphatic carbocycles. The summed E-state index contributed by atoms with van der Waals surface area (Å²) in [5, 5.41) is 8.15. The van der Waals surface area contributed by atoms with E-state index in [1.165, 1.54) is 16.8 Å². The normalized spacial score (nSPS) is 14.0. The molecular weight excluding hydrogens is 262 g/mol. The SMILES string of the molecule is COc1ccc([C@@H](C)NC(C)c2c(C)nn(C)c2C)cc1. The molecule has 1 aromatic carbocycles. The van der Waals surface area contributed by atoms with Gasteiger partial charge in [0.05, 0.1) is 12.8 Å². The first-order valence-corrected chi connectivity index (χ1v) is 7.34. The van der Waals surface area contributed by atoms with E-state index in [1.54, 1.807) is 7.11 Å². The summed E-state index contributed by atoms with van der Waals surface area (Å²) in [4.78, 5) is 0. The second kappa shape index (κ2) is 6.31. The molecule has 0 saturated carbocycles. The summed E-state index contributed by atoms with van der Waals surface area (Å²) in [6, 6.07) is 8.73. The molecule has 1 aromatic heterocycles. The van der Waals surface area contributed by atoms with Gasteiger partial charge in [0.2, 0.25) is 0 Å². The van der Waals surface area contributed by atoms with Crippen molar-refractivity contribution in [1.29, 1.82) is 0 Å². The first-order valence-electron chi connectivity index (χ1n) is 7.34. The van der Waals surface area contributed by atoms with Crippen molar-refractivity contribution in [2.24, 2.45) is 7.05 Å². The zero-order valence-corrected chi connectivity index (χ0v) is 13.8. The minimum Gasteiger partial charge on any atom is -0.497 e. The third-order valence-electron chi connectivity index (χ3n) is 4.11. The average Bonchev–Trinajstić information content (AvgIpc) is 2.72. The third-order valence-corrected chi connectivity index (χ3v) is 4.11. The Morgan fingerprint density at radius 1 is 1.10 bits per heavy atom. The van der Waals surface area contributed by atoms with Crippen LogP contribution in [0.4, 0.5) is 0 Å². The van der Waals surface area contributed by atoms with Crippen molar-refractivity contribution in [3.05, 3.63) is 46.8 Å². The highest BCUT2D eigenvalue weighted by molar-refractivity contribution is 5.31. The maximum absolute atomic E-state index is 5.20. The van der Waals surface area contributed by atoms with Gasteiger partial charge in [-0.25, -0.2) is 0 Å². The van der Waals surface area contributed by atoms with Gasteiger partial charge in [0, 0.05) is 30.4 Å². The number of nitrogens with one attached hydrogen (secondary N) is 1. The molecule has 2 aromatic rings. The first-order chi connectivity index (χ1) is 9.93.